The summed E-state index contributed by atoms with van der Waals surface area (Å²) in [7, 11) is 0. The van der Waals surface area contributed by atoms with Crippen LogP contribution in [0.3, 0.4) is 0 Å². The summed E-state index contributed by atoms with van der Waals surface area (Å²) < 4.78 is 41.9. The molecule has 3 N–H and O–H groups in total. The highest BCUT2D eigenvalue weighted by molar-refractivity contribution is 6.02. The number of piperidine rings is 1. The van der Waals surface area contributed by atoms with Crippen molar-refractivity contribution >= 4 is 22.4 Å². The minimum atomic E-state index is -0.626. The third-order valence-corrected chi connectivity index (χ3v) is 7.84. The van der Waals surface area contributed by atoms with Crippen molar-refractivity contribution in [2.45, 2.75) is 24.6 Å². The number of nitrogens with one attached hydrogen (secondary N) is 1. The van der Waals surface area contributed by atoms with E-state index in [2.05, 4.69) is 26.4 Å². The molecule has 38 heavy (non-hydrogen) atoms. The van der Waals surface area contributed by atoms with Crippen molar-refractivity contribution in [1.82, 2.24) is 20.1 Å². The van der Waals surface area contributed by atoms with Gasteiger partial charge in [0.2, 0.25) is 0 Å². The van der Waals surface area contributed by atoms with Crippen molar-refractivity contribution in [2.75, 3.05) is 50.1 Å². The van der Waals surface area contributed by atoms with Crippen LogP contribution in [0.15, 0.2) is 48.8 Å². The first-order valence-electron chi connectivity index (χ1n) is 13.0. The highest BCUT2D eigenvalue weighted by Gasteiger charge is 2.34. The van der Waals surface area contributed by atoms with Crippen LogP contribution in [-0.2, 0) is 9.47 Å². The quantitative estimate of drug-likeness (QED) is 0.425. The average Bonchev–Trinajstić information content (AvgIpc) is 3.26. The second-order valence-corrected chi connectivity index (χ2v) is 10.2. The summed E-state index contributed by atoms with van der Waals surface area (Å²) in [6.07, 6.45) is 4.41. The number of ether oxygens (including phenoxy) is 2. The van der Waals surface area contributed by atoms with Crippen molar-refractivity contribution in [1.29, 1.82) is 0 Å². The summed E-state index contributed by atoms with van der Waals surface area (Å²) in [5, 5.41) is 8.95. The Hall–Kier alpha value is -3.60. The number of anilines is 2. The van der Waals surface area contributed by atoms with Gasteiger partial charge in [-0.1, -0.05) is 6.07 Å². The molecule has 0 spiro atoms. The summed E-state index contributed by atoms with van der Waals surface area (Å²) in [5.41, 5.74) is 11.0. The molecule has 0 saturated carbocycles. The maximum Gasteiger partial charge on any atom is 0.130 e. The number of morpholine rings is 1. The van der Waals surface area contributed by atoms with Gasteiger partial charge in [0, 0.05) is 54.5 Å². The molecule has 1 unspecified atom stereocenters. The predicted octanol–water partition coefficient (Wildman–Crippen LogP) is 3.76. The Kier molecular flexibility index (Phi) is 5.75. The van der Waals surface area contributed by atoms with E-state index < -0.39 is 11.6 Å². The number of nitrogen functional groups attached to an aromatic ring is 1. The van der Waals surface area contributed by atoms with Gasteiger partial charge in [-0.3, -0.25) is 4.98 Å². The van der Waals surface area contributed by atoms with Crippen molar-refractivity contribution in [2.24, 2.45) is 0 Å². The van der Waals surface area contributed by atoms with Gasteiger partial charge in [0.15, 0.2) is 0 Å². The van der Waals surface area contributed by atoms with E-state index in [-0.39, 0.29) is 12.1 Å². The Balaban J connectivity index is 1.38. The van der Waals surface area contributed by atoms with E-state index in [0.29, 0.717) is 49.4 Å². The standard InChI is InChI=1S/C28H28F2N6O2/c29-18-7-17(8-19(30)10-18)22-11-33-24-2-1-16(23-12-34-36(28(23)31)20-14-37-15-20)9-21(24)27(22)35-5-3-25-26(13-35)38-6-4-32-25/h1-2,7-12,20,25-26,32H,3-6,13-15,31H2/t25?,26-/m1/s1. The van der Waals surface area contributed by atoms with Crippen molar-refractivity contribution < 1.29 is 18.3 Å². The number of benzene rings is 2. The molecule has 7 rings (SSSR count). The Morgan fingerprint density at radius 2 is 1.84 bits per heavy atom. The van der Waals surface area contributed by atoms with Crippen molar-refractivity contribution in [3.05, 3.63) is 60.4 Å². The summed E-state index contributed by atoms with van der Waals surface area (Å²) in [6, 6.07) is 10.0. The fourth-order valence-electron chi connectivity index (χ4n) is 5.83. The second-order valence-electron chi connectivity index (χ2n) is 10.2. The first-order chi connectivity index (χ1) is 18.5. The molecule has 10 heteroatoms. The molecular weight excluding hydrogens is 490 g/mol. The Bertz CT molecular complexity index is 1500. The highest BCUT2D eigenvalue weighted by Crippen LogP contribution is 2.41. The maximum absolute atomic E-state index is 14.3. The Morgan fingerprint density at radius 3 is 2.63 bits per heavy atom. The lowest BCUT2D eigenvalue weighted by Gasteiger charge is -2.43. The van der Waals surface area contributed by atoms with Gasteiger partial charge < -0.3 is 25.4 Å². The third kappa shape index (κ3) is 4.00. The second kappa shape index (κ2) is 9.30. The van der Waals surface area contributed by atoms with Gasteiger partial charge in [-0.15, -0.1) is 0 Å². The number of rotatable bonds is 4. The molecule has 4 aromatic rings. The van der Waals surface area contributed by atoms with E-state index in [4.69, 9.17) is 15.2 Å². The molecule has 2 aromatic carbocycles. The van der Waals surface area contributed by atoms with Gasteiger partial charge in [-0.05, 0) is 41.8 Å². The van der Waals surface area contributed by atoms with E-state index in [1.165, 1.54) is 12.1 Å². The molecule has 0 radical (unpaired) electrons. The van der Waals surface area contributed by atoms with Gasteiger partial charge in [0.25, 0.3) is 0 Å². The lowest BCUT2D eigenvalue weighted by Crippen LogP contribution is -2.57. The molecule has 0 aliphatic carbocycles. The lowest BCUT2D eigenvalue weighted by molar-refractivity contribution is -0.0276. The number of aromatic nitrogens is 3. The minimum Gasteiger partial charge on any atom is -0.383 e. The zero-order chi connectivity index (χ0) is 25.8. The molecule has 3 fully saturated rings. The maximum atomic E-state index is 14.3. The van der Waals surface area contributed by atoms with Gasteiger partial charge >= 0.3 is 0 Å². The van der Waals surface area contributed by atoms with Gasteiger partial charge in [-0.2, -0.15) is 5.10 Å². The fourth-order valence-corrected chi connectivity index (χ4v) is 5.83. The van der Waals surface area contributed by atoms with Crippen LogP contribution in [0, 0.1) is 11.6 Å². The first kappa shape index (κ1) is 23.5. The summed E-state index contributed by atoms with van der Waals surface area (Å²) in [5.74, 6) is -0.671. The SMILES string of the molecule is Nc1c(-c2ccc3ncc(-c4cc(F)cc(F)c4)c(N4CCC5NCCO[C@@H]5C4)c3c2)cnn1C1COC1. The van der Waals surface area contributed by atoms with E-state index in [0.717, 1.165) is 53.3 Å². The smallest absolute Gasteiger partial charge is 0.130 e. The number of nitrogens with two attached hydrogens (primary N) is 1. The average molecular weight is 519 g/mol. The predicted molar refractivity (Wildman–Crippen MR) is 141 cm³/mol. The van der Waals surface area contributed by atoms with Crippen LogP contribution in [0.1, 0.15) is 12.5 Å². The van der Waals surface area contributed by atoms with E-state index in [1.54, 1.807) is 12.4 Å². The van der Waals surface area contributed by atoms with E-state index in [1.807, 2.05) is 16.8 Å². The van der Waals surface area contributed by atoms with E-state index >= 15 is 0 Å². The number of nitrogens with zero attached hydrogens (tertiary/aromatic N) is 4. The molecule has 3 aliphatic heterocycles. The molecule has 8 nitrogen and oxygen atoms in total. The van der Waals surface area contributed by atoms with Crippen LogP contribution in [-0.4, -0.2) is 66.4 Å². The Morgan fingerprint density at radius 1 is 1.00 bits per heavy atom. The minimum absolute atomic E-state index is 0.0274. The fraction of sp³-hybridized carbons (Fsp3) is 0.357. The number of hydrogen-bond donors (Lipinski definition) is 2. The number of pyridine rings is 1. The van der Waals surface area contributed by atoms with Gasteiger partial charge in [0.05, 0.1) is 43.3 Å². The molecule has 3 saturated heterocycles. The van der Waals surface area contributed by atoms with Gasteiger partial charge in [0.1, 0.15) is 23.5 Å². The van der Waals surface area contributed by atoms with Crippen molar-refractivity contribution in [3.8, 4) is 22.3 Å². The molecule has 0 bridgehead atoms. The van der Waals surface area contributed by atoms with E-state index in [9.17, 15) is 8.78 Å². The van der Waals surface area contributed by atoms with Gasteiger partial charge in [-0.25, -0.2) is 13.5 Å². The summed E-state index contributed by atoms with van der Waals surface area (Å²) in [6.45, 7) is 4.13. The topological polar surface area (TPSA) is 90.5 Å². The monoisotopic (exact) mass is 518 g/mol. The van der Waals surface area contributed by atoms with Crippen molar-refractivity contribution in [3.63, 3.8) is 0 Å². The van der Waals surface area contributed by atoms with Crippen LogP contribution in [0.25, 0.3) is 33.2 Å². The number of hydrogen-bond acceptors (Lipinski definition) is 7. The molecule has 5 heterocycles. The molecular formula is C28H28F2N6O2. The Labute approximate surface area is 218 Å². The number of halogens is 2. The molecule has 2 aromatic heterocycles. The largest absolute Gasteiger partial charge is 0.383 e. The van der Waals surface area contributed by atoms with Crippen LogP contribution in [0.2, 0.25) is 0 Å². The molecule has 196 valence electrons. The normalized spacial score (nSPS) is 21.9. The van der Waals surface area contributed by atoms with Crippen LogP contribution in [0.5, 0.6) is 0 Å². The van der Waals surface area contributed by atoms with Crippen LogP contribution in [0.4, 0.5) is 20.3 Å². The first-order valence-corrected chi connectivity index (χ1v) is 13.0. The third-order valence-electron chi connectivity index (χ3n) is 7.84. The number of fused-ring (bicyclic) bond motifs is 2. The zero-order valence-corrected chi connectivity index (χ0v) is 20.7. The summed E-state index contributed by atoms with van der Waals surface area (Å²) in [4.78, 5) is 6.95. The lowest BCUT2D eigenvalue weighted by atomic mass is 9.95. The van der Waals surface area contributed by atoms with Crippen LogP contribution < -0.4 is 16.0 Å². The zero-order valence-electron chi connectivity index (χ0n) is 20.7. The highest BCUT2D eigenvalue weighted by atomic mass is 19.1. The molecule has 3 aliphatic rings. The summed E-state index contributed by atoms with van der Waals surface area (Å²) >= 11 is 0. The molecule has 0 amide bonds. The molecule has 2 atom stereocenters. The van der Waals surface area contributed by atoms with Crippen LogP contribution >= 0.6 is 0 Å².